The van der Waals surface area contributed by atoms with Crippen LogP contribution in [0.3, 0.4) is 0 Å². The number of benzene rings is 2. The van der Waals surface area contributed by atoms with E-state index >= 15 is 0 Å². The second-order valence-corrected chi connectivity index (χ2v) is 9.92. The van der Waals surface area contributed by atoms with Crippen molar-refractivity contribution < 1.29 is 15.0 Å². The standard InChI is InChI=1S/C27H34N2O3/c30-18-20-12-10-19(11-13-20)14-15-29-16-23-24(17-29)25(23)28-26(31)27(32,22-8-4-5-9-22)21-6-2-1-3-7-21/h1-3,6-7,10-13,22-25,30,32H,4-5,8-9,14-18H2,(H,28,31). The highest BCUT2D eigenvalue weighted by Crippen LogP contribution is 2.47. The smallest absolute Gasteiger partial charge is 0.257 e. The molecule has 3 atom stereocenters. The van der Waals surface area contributed by atoms with Crippen LogP contribution in [0.2, 0.25) is 0 Å². The van der Waals surface area contributed by atoms with Gasteiger partial charge in [0.25, 0.3) is 5.91 Å². The maximum atomic E-state index is 13.4. The molecule has 1 heterocycles. The Labute approximate surface area is 190 Å². The van der Waals surface area contributed by atoms with Crippen molar-refractivity contribution in [2.75, 3.05) is 19.6 Å². The summed E-state index contributed by atoms with van der Waals surface area (Å²) in [5.74, 6) is 0.793. The van der Waals surface area contributed by atoms with Crippen LogP contribution in [-0.4, -0.2) is 46.7 Å². The van der Waals surface area contributed by atoms with Gasteiger partial charge in [0.05, 0.1) is 6.61 Å². The molecule has 3 unspecified atom stereocenters. The highest BCUT2D eigenvalue weighted by molar-refractivity contribution is 5.87. The van der Waals surface area contributed by atoms with Gasteiger partial charge in [-0.25, -0.2) is 0 Å². The van der Waals surface area contributed by atoms with Gasteiger partial charge in [-0.15, -0.1) is 0 Å². The van der Waals surface area contributed by atoms with Gasteiger partial charge in [-0.1, -0.05) is 67.4 Å². The minimum Gasteiger partial charge on any atom is -0.392 e. The van der Waals surface area contributed by atoms with Gasteiger partial charge in [-0.05, 0) is 47.8 Å². The fourth-order valence-electron chi connectivity index (χ4n) is 5.96. The third-order valence-electron chi connectivity index (χ3n) is 8.00. The maximum absolute atomic E-state index is 13.4. The minimum absolute atomic E-state index is 0.00258. The Bertz CT molecular complexity index is 914. The third kappa shape index (κ3) is 4.09. The second-order valence-electron chi connectivity index (χ2n) is 9.92. The first-order valence-electron chi connectivity index (χ1n) is 12.1. The van der Waals surface area contributed by atoms with Crippen LogP contribution in [0.4, 0.5) is 0 Å². The number of aliphatic hydroxyl groups is 2. The number of rotatable bonds is 8. The fourth-order valence-corrected chi connectivity index (χ4v) is 5.96. The monoisotopic (exact) mass is 434 g/mol. The molecular weight excluding hydrogens is 400 g/mol. The first-order chi connectivity index (χ1) is 15.6. The van der Waals surface area contributed by atoms with E-state index in [0.717, 1.165) is 62.9 Å². The molecule has 0 aromatic heterocycles. The highest BCUT2D eigenvalue weighted by Gasteiger charge is 2.58. The van der Waals surface area contributed by atoms with Crippen LogP contribution in [0.25, 0.3) is 0 Å². The van der Waals surface area contributed by atoms with Crippen molar-refractivity contribution in [1.82, 2.24) is 10.2 Å². The van der Waals surface area contributed by atoms with Crippen LogP contribution < -0.4 is 5.32 Å². The molecule has 1 amide bonds. The van der Waals surface area contributed by atoms with E-state index in [0.29, 0.717) is 11.8 Å². The predicted octanol–water partition coefficient (Wildman–Crippen LogP) is 2.85. The zero-order valence-corrected chi connectivity index (χ0v) is 18.6. The van der Waals surface area contributed by atoms with E-state index in [-0.39, 0.29) is 24.5 Å². The van der Waals surface area contributed by atoms with Crippen molar-refractivity contribution in [2.24, 2.45) is 17.8 Å². The Morgan fingerprint density at radius 3 is 2.22 bits per heavy atom. The number of aliphatic hydroxyl groups excluding tert-OH is 1. The number of carbonyl (C=O) groups excluding carboxylic acids is 1. The van der Waals surface area contributed by atoms with Gasteiger partial charge in [-0.2, -0.15) is 0 Å². The first-order valence-corrected chi connectivity index (χ1v) is 12.1. The third-order valence-corrected chi connectivity index (χ3v) is 8.00. The van der Waals surface area contributed by atoms with E-state index in [1.54, 1.807) is 0 Å². The molecule has 5 heteroatoms. The summed E-state index contributed by atoms with van der Waals surface area (Å²) in [6.07, 6.45) is 4.98. The van der Waals surface area contributed by atoms with Gasteiger partial charge in [-0.3, -0.25) is 4.79 Å². The van der Waals surface area contributed by atoms with Crippen LogP contribution in [0.15, 0.2) is 54.6 Å². The quantitative estimate of drug-likeness (QED) is 0.597. The predicted molar refractivity (Wildman–Crippen MR) is 124 cm³/mol. The van der Waals surface area contributed by atoms with E-state index in [1.165, 1.54) is 5.56 Å². The fraction of sp³-hybridized carbons (Fsp3) is 0.519. The minimum atomic E-state index is -1.42. The van der Waals surface area contributed by atoms with Crippen LogP contribution in [0.1, 0.15) is 42.4 Å². The summed E-state index contributed by atoms with van der Waals surface area (Å²) in [6, 6.07) is 17.9. The Kier molecular flexibility index (Phi) is 6.06. The average molecular weight is 435 g/mol. The molecule has 1 saturated heterocycles. The van der Waals surface area contributed by atoms with Gasteiger partial charge >= 0.3 is 0 Å². The molecule has 5 nitrogen and oxygen atoms in total. The SMILES string of the molecule is O=C(NC1C2CN(CCc3ccc(CO)cc3)CC21)C(O)(c1ccccc1)C1CCCC1. The van der Waals surface area contributed by atoms with Crippen LogP contribution in [0.5, 0.6) is 0 Å². The molecule has 3 N–H and O–H groups in total. The van der Waals surface area contributed by atoms with Crippen molar-refractivity contribution in [1.29, 1.82) is 0 Å². The summed E-state index contributed by atoms with van der Waals surface area (Å²) in [7, 11) is 0. The second kappa shape index (κ2) is 8.97. The lowest BCUT2D eigenvalue weighted by molar-refractivity contribution is -0.147. The topological polar surface area (TPSA) is 72.8 Å². The van der Waals surface area contributed by atoms with Crippen molar-refractivity contribution in [3.05, 3.63) is 71.3 Å². The van der Waals surface area contributed by atoms with Crippen LogP contribution in [-0.2, 0) is 23.4 Å². The summed E-state index contributed by atoms with van der Waals surface area (Å²) >= 11 is 0. The molecule has 2 aromatic rings. The number of hydrogen-bond donors (Lipinski definition) is 3. The Balaban J connectivity index is 1.16. The molecule has 1 aliphatic heterocycles. The molecule has 2 aliphatic carbocycles. The number of amides is 1. The van der Waals surface area contributed by atoms with E-state index in [2.05, 4.69) is 22.3 Å². The van der Waals surface area contributed by atoms with Gasteiger partial charge in [0, 0.05) is 31.6 Å². The molecule has 0 radical (unpaired) electrons. The van der Waals surface area contributed by atoms with E-state index in [1.807, 2.05) is 42.5 Å². The van der Waals surface area contributed by atoms with E-state index < -0.39 is 5.60 Å². The van der Waals surface area contributed by atoms with Gasteiger partial charge in [0.15, 0.2) is 5.60 Å². The lowest BCUT2D eigenvalue weighted by atomic mass is 9.79. The zero-order valence-electron chi connectivity index (χ0n) is 18.6. The van der Waals surface area contributed by atoms with E-state index in [9.17, 15) is 15.0 Å². The number of nitrogens with one attached hydrogen (secondary N) is 1. The molecule has 3 fully saturated rings. The molecule has 32 heavy (non-hydrogen) atoms. The molecule has 170 valence electrons. The van der Waals surface area contributed by atoms with Gasteiger partial charge in [0.2, 0.25) is 0 Å². The van der Waals surface area contributed by atoms with Crippen molar-refractivity contribution in [3.63, 3.8) is 0 Å². The molecule has 0 spiro atoms. The Morgan fingerprint density at radius 1 is 0.969 bits per heavy atom. The van der Waals surface area contributed by atoms with Crippen LogP contribution in [0, 0.1) is 17.8 Å². The molecule has 2 aromatic carbocycles. The number of piperidine rings is 1. The summed E-state index contributed by atoms with van der Waals surface area (Å²) in [5, 5.41) is 24.1. The molecule has 5 rings (SSSR count). The normalized spacial score (nSPS) is 27.1. The molecule has 2 saturated carbocycles. The molecular formula is C27H34N2O3. The lowest BCUT2D eigenvalue weighted by Gasteiger charge is -2.33. The summed E-state index contributed by atoms with van der Waals surface area (Å²) in [6.45, 7) is 3.13. The molecule has 0 bridgehead atoms. The number of fused-ring (bicyclic) bond motifs is 1. The van der Waals surface area contributed by atoms with Gasteiger partial charge < -0.3 is 20.4 Å². The Hall–Kier alpha value is -2.21. The summed E-state index contributed by atoms with van der Waals surface area (Å²) in [5.41, 5.74) is 1.54. The number of carbonyl (C=O) groups is 1. The maximum Gasteiger partial charge on any atom is 0.257 e. The molecule has 3 aliphatic rings. The number of nitrogens with zero attached hydrogens (tertiary/aromatic N) is 1. The first kappa shape index (κ1) is 21.6. The van der Waals surface area contributed by atoms with Crippen molar-refractivity contribution in [2.45, 2.75) is 50.4 Å². The highest BCUT2D eigenvalue weighted by atomic mass is 16.3. The number of likely N-dealkylation sites (tertiary alicyclic amines) is 1. The van der Waals surface area contributed by atoms with Gasteiger partial charge in [0.1, 0.15) is 0 Å². The van der Waals surface area contributed by atoms with E-state index in [4.69, 9.17) is 0 Å². The Morgan fingerprint density at radius 2 is 1.59 bits per heavy atom. The summed E-state index contributed by atoms with van der Waals surface area (Å²) < 4.78 is 0. The van der Waals surface area contributed by atoms with Crippen LogP contribution >= 0.6 is 0 Å². The lowest BCUT2D eigenvalue weighted by Crippen LogP contribution is -2.51. The summed E-state index contributed by atoms with van der Waals surface area (Å²) in [4.78, 5) is 15.9. The van der Waals surface area contributed by atoms with Crippen molar-refractivity contribution in [3.8, 4) is 0 Å². The largest absolute Gasteiger partial charge is 0.392 e. The zero-order chi connectivity index (χ0) is 22.1. The average Bonchev–Trinajstić information content (AvgIpc) is 3.25. The van der Waals surface area contributed by atoms with Crippen molar-refractivity contribution >= 4 is 5.91 Å². The number of hydrogen-bond acceptors (Lipinski definition) is 4.